The Balaban J connectivity index is 1.62. The van der Waals surface area contributed by atoms with Gasteiger partial charge in [0.05, 0.1) is 0 Å². The molecule has 6 heteroatoms. The van der Waals surface area contributed by atoms with Crippen molar-refractivity contribution in [1.29, 1.82) is 0 Å². The van der Waals surface area contributed by atoms with Crippen molar-refractivity contribution in [3.63, 3.8) is 0 Å². The number of nitrogens with one attached hydrogen (secondary N) is 1. The molecule has 0 atom stereocenters. The van der Waals surface area contributed by atoms with Crippen LogP contribution in [0.3, 0.4) is 0 Å². The van der Waals surface area contributed by atoms with Crippen LogP contribution in [-0.4, -0.2) is 18.4 Å². The largest absolute Gasteiger partial charge is 0.489 e. The number of hydrogen-bond donors (Lipinski definition) is 1. The van der Waals surface area contributed by atoms with Gasteiger partial charge in [-0.25, -0.2) is 4.39 Å². The van der Waals surface area contributed by atoms with Gasteiger partial charge in [-0.2, -0.15) is 0 Å². The van der Waals surface area contributed by atoms with Crippen LogP contribution in [0.5, 0.6) is 5.75 Å². The Bertz CT molecular complexity index is 975. The van der Waals surface area contributed by atoms with Gasteiger partial charge in [0.2, 0.25) is 11.8 Å². The summed E-state index contributed by atoms with van der Waals surface area (Å²) >= 11 is 0. The first-order valence-corrected chi connectivity index (χ1v) is 9.11. The first-order valence-electron chi connectivity index (χ1n) is 9.11. The molecule has 0 bridgehead atoms. The highest BCUT2D eigenvalue weighted by atomic mass is 19.1. The second-order valence-electron chi connectivity index (χ2n) is 6.43. The summed E-state index contributed by atoms with van der Waals surface area (Å²) in [5.74, 6) is -0.491. The Morgan fingerprint density at radius 3 is 2.34 bits per heavy atom. The lowest BCUT2D eigenvalue weighted by molar-refractivity contribution is -0.120. The lowest BCUT2D eigenvalue weighted by atomic mass is 10.2. The van der Waals surface area contributed by atoms with Crippen LogP contribution in [0.4, 0.5) is 15.8 Å². The molecule has 0 unspecified atom stereocenters. The molecule has 0 radical (unpaired) electrons. The highest BCUT2D eigenvalue weighted by Gasteiger charge is 2.16. The van der Waals surface area contributed by atoms with E-state index in [0.29, 0.717) is 23.7 Å². The molecule has 0 aromatic heterocycles. The van der Waals surface area contributed by atoms with Crippen LogP contribution in [0.15, 0.2) is 78.9 Å². The number of anilines is 2. The molecule has 1 N–H and O–H groups in total. The summed E-state index contributed by atoms with van der Waals surface area (Å²) in [6, 6.07) is 22.3. The van der Waals surface area contributed by atoms with Crippen LogP contribution in [0.25, 0.3) is 0 Å². The second kappa shape index (κ2) is 9.50. The van der Waals surface area contributed by atoms with Crippen molar-refractivity contribution in [2.75, 3.05) is 16.8 Å². The average molecular weight is 392 g/mol. The third-order valence-corrected chi connectivity index (χ3v) is 4.19. The Labute approximate surface area is 168 Å². The molecule has 3 aromatic rings. The minimum atomic E-state index is -0.447. The summed E-state index contributed by atoms with van der Waals surface area (Å²) in [5, 5.41) is 2.59. The van der Waals surface area contributed by atoms with Gasteiger partial charge in [-0.1, -0.05) is 36.4 Å². The number of ether oxygens (including phenoxy) is 1. The van der Waals surface area contributed by atoms with Crippen LogP contribution >= 0.6 is 0 Å². The Hall–Kier alpha value is -3.67. The van der Waals surface area contributed by atoms with Gasteiger partial charge < -0.3 is 15.0 Å². The predicted octanol–water partition coefficient (Wildman–Crippen LogP) is 4.40. The molecule has 0 aliphatic heterocycles. The Kier molecular flexibility index (Phi) is 6.58. The SMILES string of the molecule is CC(=O)N(CC(=O)Nc1cccc(F)c1)c1ccc(OCc2ccccc2)cc1. The summed E-state index contributed by atoms with van der Waals surface area (Å²) in [5.41, 5.74) is 1.96. The van der Waals surface area contributed by atoms with Crippen LogP contribution in [0, 0.1) is 5.82 Å². The van der Waals surface area contributed by atoms with Gasteiger partial charge in [-0.05, 0) is 48.0 Å². The fraction of sp³-hybridized carbons (Fsp3) is 0.130. The molecule has 5 nitrogen and oxygen atoms in total. The molecule has 2 amide bonds. The van der Waals surface area contributed by atoms with Gasteiger partial charge in [0, 0.05) is 18.3 Å². The van der Waals surface area contributed by atoms with E-state index in [0.717, 1.165) is 5.56 Å². The van der Waals surface area contributed by atoms with E-state index < -0.39 is 11.7 Å². The van der Waals surface area contributed by atoms with E-state index in [9.17, 15) is 14.0 Å². The molecule has 0 aliphatic rings. The van der Waals surface area contributed by atoms with Crippen molar-refractivity contribution < 1.29 is 18.7 Å². The number of rotatable bonds is 7. The van der Waals surface area contributed by atoms with E-state index in [1.165, 1.54) is 30.0 Å². The van der Waals surface area contributed by atoms with E-state index in [4.69, 9.17) is 4.74 Å². The number of carbonyl (C=O) groups is 2. The molecule has 0 heterocycles. The molecule has 0 fully saturated rings. The number of amides is 2. The monoisotopic (exact) mass is 392 g/mol. The normalized spacial score (nSPS) is 10.3. The molecule has 3 rings (SSSR count). The summed E-state index contributed by atoms with van der Waals surface area (Å²) in [6.07, 6.45) is 0. The summed E-state index contributed by atoms with van der Waals surface area (Å²) in [7, 11) is 0. The second-order valence-corrected chi connectivity index (χ2v) is 6.43. The van der Waals surface area contributed by atoms with Crippen molar-refractivity contribution in [1.82, 2.24) is 0 Å². The lowest BCUT2D eigenvalue weighted by Crippen LogP contribution is -2.36. The zero-order chi connectivity index (χ0) is 20.6. The maximum atomic E-state index is 13.3. The third-order valence-electron chi connectivity index (χ3n) is 4.19. The fourth-order valence-electron chi connectivity index (χ4n) is 2.76. The first-order chi connectivity index (χ1) is 14.0. The molecular weight excluding hydrogens is 371 g/mol. The van der Waals surface area contributed by atoms with Crippen molar-refractivity contribution in [2.24, 2.45) is 0 Å². The zero-order valence-electron chi connectivity index (χ0n) is 16.0. The van der Waals surface area contributed by atoms with Crippen LogP contribution < -0.4 is 15.0 Å². The standard InChI is InChI=1S/C23H21FN2O3/c1-17(27)26(15-23(28)25-20-9-5-8-19(24)14-20)21-10-12-22(13-11-21)29-16-18-6-3-2-4-7-18/h2-14H,15-16H2,1H3,(H,25,28). The van der Waals surface area contributed by atoms with Crippen LogP contribution in [0.2, 0.25) is 0 Å². The molecule has 0 saturated heterocycles. The predicted molar refractivity (Wildman–Crippen MR) is 110 cm³/mol. The maximum Gasteiger partial charge on any atom is 0.244 e. The van der Waals surface area contributed by atoms with E-state index >= 15 is 0 Å². The number of nitrogens with zero attached hydrogens (tertiary/aromatic N) is 1. The molecule has 0 saturated carbocycles. The summed E-state index contributed by atoms with van der Waals surface area (Å²) in [4.78, 5) is 25.7. The third kappa shape index (κ3) is 5.90. The lowest BCUT2D eigenvalue weighted by Gasteiger charge is -2.21. The number of benzene rings is 3. The van der Waals surface area contributed by atoms with Gasteiger partial charge in [-0.3, -0.25) is 9.59 Å². The highest BCUT2D eigenvalue weighted by Crippen LogP contribution is 2.21. The van der Waals surface area contributed by atoms with Crippen molar-refractivity contribution >= 4 is 23.2 Å². The van der Waals surface area contributed by atoms with E-state index in [1.54, 1.807) is 30.3 Å². The quantitative estimate of drug-likeness (QED) is 0.649. The molecule has 29 heavy (non-hydrogen) atoms. The number of hydrogen-bond acceptors (Lipinski definition) is 3. The smallest absolute Gasteiger partial charge is 0.244 e. The number of halogens is 1. The molecule has 0 aliphatic carbocycles. The highest BCUT2D eigenvalue weighted by molar-refractivity contribution is 6.01. The molecule has 0 spiro atoms. The first kappa shape index (κ1) is 20.1. The number of carbonyl (C=O) groups excluding carboxylic acids is 2. The van der Waals surface area contributed by atoms with Crippen LogP contribution in [0.1, 0.15) is 12.5 Å². The van der Waals surface area contributed by atoms with Crippen molar-refractivity contribution in [3.05, 3.63) is 90.2 Å². The summed E-state index contributed by atoms with van der Waals surface area (Å²) in [6.45, 7) is 1.64. The van der Waals surface area contributed by atoms with Gasteiger partial charge in [0.25, 0.3) is 0 Å². The fourth-order valence-corrected chi connectivity index (χ4v) is 2.76. The van der Waals surface area contributed by atoms with Gasteiger partial charge in [-0.15, -0.1) is 0 Å². The van der Waals surface area contributed by atoms with E-state index in [2.05, 4.69) is 5.32 Å². The Morgan fingerprint density at radius 1 is 0.966 bits per heavy atom. The van der Waals surface area contributed by atoms with Crippen molar-refractivity contribution in [3.8, 4) is 5.75 Å². The van der Waals surface area contributed by atoms with Gasteiger partial charge in [0.1, 0.15) is 24.7 Å². The minimum absolute atomic E-state index is 0.184. The average Bonchev–Trinajstić information content (AvgIpc) is 2.71. The zero-order valence-corrected chi connectivity index (χ0v) is 16.0. The molecule has 3 aromatic carbocycles. The van der Waals surface area contributed by atoms with Crippen LogP contribution in [-0.2, 0) is 16.2 Å². The molecular formula is C23H21FN2O3. The van der Waals surface area contributed by atoms with Crippen molar-refractivity contribution in [2.45, 2.75) is 13.5 Å². The topological polar surface area (TPSA) is 58.6 Å². The minimum Gasteiger partial charge on any atom is -0.489 e. The van der Waals surface area contributed by atoms with E-state index in [-0.39, 0.29) is 12.5 Å². The Morgan fingerprint density at radius 2 is 1.69 bits per heavy atom. The van der Waals surface area contributed by atoms with E-state index in [1.807, 2.05) is 30.3 Å². The van der Waals surface area contributed by atoms with Gasteiger partial charge >= 0.3 is 0 Å². The summed E-state index contributed by atoms with van der Waals surface area (Å²) < 4.78 is 19.0. The van der Waals surface area contributed by atoms with Gasteiger partial charge in [0.15, 0.2) is 0 Å². The molecule has 148 valence electrons. The maximum absolute atomic E-state index is 13.3.